The fraction of sp³-hybridized carbons (Fsp3) is 0.444. The van der Waals surface area contributed by atoms with E-state index in [4.69, 9.17) is 9.47 Å². The van der Waals surface area contributed by atoms with Gasteiger partial charge in [0.05, 0.1) is 32.4 Å². The number of amides is 3. The maximum atomic E-state index is 13.2. The van der Waals surface area contributed by atoms with E-state index in [1.807, 2.05) is 29.2 Å². The number of para-hydroxylation sites is 1. The summed E-state index contributed by atoms with van der Waals surface area (Å²) in [4.78, 5) is 44.1. The number of carbonyl (C=O) groups excluding carboxylic acids is 3. The van der Waals surface area contributed by atoms with Gasteiger partial charge in [0.2, 0.25) is 17.7 Å². The van der Waals surface area contributed by atoms with Crippen molar-refractivity contribution in [2.24, 2.45) is 5.92 Å². The van der Waals surface area contributed by atoms with Crippen LogP contribution in [0.5, 0.6) is 11.5 Å². The number of benzene rings is 2. The smallest absolute Gasteiger partial charge is 0.238 e. The molecule has 0 aliphatic carbocycles. The fourth-order valence-electron chi connectivity index (χ4n) is 4.84. The average Bonchev–Trinajstić information content (AvgIpc) is 3.29. The highest BCUT2D eigenvalue weighted by Gasteiger charge is 2.39. The molecule has 2 aromatic rings. The van der Waals surface area contributed by atoms with Crippen molar-refractivity contribution in [1.29, 1.82) is 0 Å². The SMILES string of the molecule is CCc1ccccc1NC(=O)CN1CCN(C(=O)C2CC(=O)N(c3ccc(OC)cc3OC)C2)CC1. The monoisotopic (exact) mass is 494 g/mol. The van der Waals surface area contributed by atoms with Gasteiger partial charge in [-0.05, 0) is 30.2 Å². The zero-order chi connectivity index (χ0) is 25.7. The van der Waals surface area contributed by atoms with E-state index >= 15 is 0 Å². The molecule has 0 radical (unpaired) electrons. The Balaban J connectivity index is 1.30. The summed E-state index contributed by atoms with van der Waals surface area (Å²) in [5.41, 5.74) is 2.59. The van der Waals surface area contributed by atoms with Crippen LogP contribution in [0.25, 0.3) is 0 Å². The lowest BCUT2D eigenvalue weighted by Gasteiger charge is -2.35. The molecular weight excluding hydrogens is 460 g/mol. The van der Waals surface area contributed by atoms with Crippen molar-refractivity contribution >= 4 is 29.1 Å². The standard InChI is InChI=1S/C27H34N4O5/c1-4-19-7-5-6-8-22(19)28-25(32)18-29-11-13-30(14-12-29)27(34)20-15-26(33)31(17-20)23-10-9-21(35-2)16-24(23)36-3/h5-10,16,20H,4,11-15,17-18H2,1-3H3,(H,28,32). The molecule has 9 nitrogen and oxygen atoms in total. The van der Waals surface area contributed by atoms with E-state index in [2.05, 4.69) is 17.1 Å². The van der Waals surface area contributed by atoms with Gasteiger partial charge in [-0.2, -0.15) is 0 Å². The van der Waals surface area contributed by atoms with Crippen LogP contribution in [0.2, 0.25) is 0 Å². The van der Waals surface area contributed by atoms with Crippen LogP contribution in [-0.2, 0) is 20.8 Å². The molecule has 0 bridgehead atoms. The highest BCUT2D eigenvalue weighted by Crippen LogP contribution is 2.36. The summed E-state index contributed by atoms with van der Waals surface area (Å²) < 4.78 is 10.7. The summed E-state index contributed by atoms with van der Waals surface area (Å²) in [6, 6.07) is 13.1. The summed E-state index contributed by atoms with van der Waals surface area (Å²) in [5.74, 6) is 0.602. The van der Waals surface area contributed by atoms with Crippen molar-refractivity contribution in [3.8, 4) is 11.5 Å². The number of hydrogen-bond acceptors (Lipinski definition) is 6. The molecule has 4 rings (SSSR count). The number of aryl methyl sites for hydroxylation is 1. The summed E-state index contributed by atoms with van der Waals surface area (Å²) >= 11 is 0. The number of anilines is 2. The van der Waals surface area contributed by atoms with E-state index in [1.54, 1.807) is 37.3 Å². The van der Waals surface area contributed by atoms with Gasteiger partial charge in [0.15, 0.2) is 0 Å². The Morgan fingerprint density at radius 1 is 1.03 bits per heavy atom. The second-order valence-electron chi connectivity index (χ2n) is 9.10. The first-order valence-electron chi connectivity index (χ1n) is 12.3. The minimum atomic E-state index is -0.398. The molecule has 0 saturated carbocycles. The Morgan fingerprint density at radius 3 is 2.47 bits per heavy atom. The Hall–Kier alpha value is -3.59. The van der Waals surface area contributed by atoms with E-state index < -0.39 is 5.92 Å². The van der Waals surface area contributed by atoms with Gasteiger partial charge in [0, 0.05) is 50.9 Å². The zero-order valence-corrected chi connectivity index (χ0v) is 21.2. The first-order valence-corrected chi connectivity index (χ1v) is 12.3. The third kappa shape index (κ3) is 5.62. The molecule has 2 heterocycles. The molecule has 0 aromatic heterocycles. The van der Waals surface area contributed by atoms with Gasteiger partial charge < -0.3 is 24.6 Å². The lowest BCUT2D eigenvalue weighted by Crippen LogP contribution is -2.52. The Labute approximate surface area is 211 Å². The number of rotatable bonds is 8. The van der Waals surface area contributed by atoms with Crippen molar-refractivity contribution in [1.82, 2.24) is 9.80 Å². The van der Waals surface area contributed by atoms with E-state index in [-0.39, 0.29) is 30.7 Å². The van der Waals surface area contributed by atoms with Gasteiger partial charge >= 0.3 is 0 Å². The van der Waals surface area contributed by atoms with Crippen molar-refractivity contribution in [3.05, 3.63) is 48.0 Å². The predicted octanol–water partition coefficient (Wildman–Crippen LogP) is 2.40. The largest absolute Gasteiger partial charge is 0.497 e. The number of nitrogens with zero attached hydrogens (tertiary/aromatic N) is 3. The summed E-state index contributed by atoms with van der Waals surface area (Å²) in [6.45, 7) is 4.97. The van der Waals surface area contributed by atoms with Gasteiger partial charge in [0.1, 0.15) is 11.5 Å². The zero-order valence-electron chi connectivity index (χ0n) is 21.2. The molecule has 2 saturated heterocycles. The van der Waals surface area contributed by atoms with Crippen molar-refractivity contribution in [3.63, 3.8) is 0 Å². The lowest BCUT2D eigenvalue weighted by molar-refractivity contribution is -0.137. The first-order chi connectivity index (χ1) is 17.4. The molecule has 2 aliphatic heterocycles. The highest BCUT2D eigenvalue weighted by atomic mass is 16.5. The second kappa shape index (κ2) is 11.4. The van der Waals surface area contributed by atoms with Gasteiger partial charge in [0.25, 0.3) is 0 Å². The van der Waals surface area contributed by atoms with Gasteiger partial charge in [-0.3, -0.25) is 19.3 Å². The van der Waals surface area contributed by atoms with Crippen LogP contribution in [0.3, 0.4) is 0 Å². The maximum Gasteiger partial charge on any atom is 0.238 e. The molecule has 36 heavy (non-hydrogen) atoms. The first kappa shape index (κ1) is 25.5. The van der Waals surface area contributed by atoms with Crippen LogP contribution in [-0.4, -0.2) is 81.0 Å². The topological polar surface area (TPSA) is 91.4 Å². The average molecular weight is 495 g/mol. The van der Waals surface area contributed by atoms with Crippen LogP contribution >= 0.6 is 0 Å². The molecule has 2 fully saturated rings. The molecular formula is C27H34N4O5. The highest BCUT2D eigenvalue weighted by molar-refractivity contribution is 6.01. The lowest BCUT2D eigenvalue weighted by atomic mass is 10.1. The number of hydrogen-bond donors (Lipinski definition) is 1. The molecule has 192 valence electrons. The van der Waals surface area contributed by atoms with E-state index in [0.29, 0.717) is 49.9 Å². The van der Waals surface area contributed by atoms with Gasteiger partial charge in [-0.25, -0.2) is 0 Å². The molecule has 1 N–H and O–H groups in total. The molecule has 2 aromatic carbocycles. The van der Waals surface area contributed by atoms with Crippen LogP contribution in [0.4, 0.5) is 11.4 Å². The number of nitrogens with one attached hydrogen (secondary N) is 1. The van der Waals surface area contributed by atoms with Crippen molar-refractivity contribution in [2.75, 3.05) is 63.7 Å². The Kier molecular flexibility index (Phi) is 8.10. The van der Waals surface area contributed by atoms with Crippen LogP contribution in [0.1, 0.15) is 18.9 Å². The number of methoxy groups -OCH3 is 2. The predicted molar refractivity (Wildman–Crippen MR) is 137 cm³/mol. The molecule has 0 spiro atoms. The fourth-order valence-corrected chi connectivity index (χ4v) is 4.84. The van der Waals surface area contributed by atoms with E-state index in [0.717, 1.165) is 17.7 Å². The summed E-state index contributed by atoms with van der Waals surface area (Å²) in [7, 11) is 3.12. The maximum absolute atomic E-state index is 13.2. The number of ether oxygens (including phenoxy) is 2. The second-order valence-corrected chi connectivity index (χ2v) is 9.10. The van der Waals surface area contributed by atoms with Gasteiger partial charge in [-0.15, -0.1) is 0 Å². The molecule has 1 atom stereocenters. The third-order valence-electron chi connectivity index (χ3n) is 6.88. The summed E-state index contributed by atoms with van der Waals surface area (Å²) in [5, 5.41) is 3.01. The van der Waals surface area contributed by atoms with Gasteiger partial charge in [-0.1, -0.05) is 25.1 Å². The van der Waals surface area contributed by atoms with Crippen LogP contribution in [0.15, 0.2) is 42.5 Å². The summed E-state index contributed by atoms with van der Waals surface area (Å²) in [6.07, 6.45) is 1.02. The molecule has 2 aliphatic rings. The minimum Gasteiger partial charge on any atom is -0.497 e. The molecule has 9 heteroatoms. The minimum absolute atomic E-state index is 0.0145. The van der Waals surface area contributed by atoms with Crippen molar-refractivity contribution in [2.45, 2.75) is 19.8 Å². The number of piperazine rings is 1. The van der Waals surface area contributed by atoms with Crippen LogP contribution in [0, 0.1) is 5.92 Å². The van der Waals surface area contributed by atoms with Crippen LogP contribution < -0.4 is 19.7 Å². The Morgan fingerprint density at radius 2 is 1.78 bits per heavy atom. The normalized spacial score (nSPS) is 18.3. The van der Waals surface area contributed by atoms with E-state index in [9.17, 15) is 14.4 Å². The van der Waals surface area contributed by atoms with E-state index in [1.165, 1.54) is 0 Å². The molecule has 1 unspecified atom stereocenters. The quantitative estimate of drug-likeness (QED) is 0.606. The Bertz CT molecular complexity index is 1110. The molecule has 3 amide bonds. The number of carbonyl (C=O) groups is 3. The van der Waals surface area contributed by atoms with Crippen molar-refractivity contribution < 1.29 is 23.9 Å². The third-order valence-corrected chi connectivity index (χ3v) is 6.88.